The molecule has 0 aliphatic carbocycles. The number of hydrogen-bond donors (Lipinski definition) is 2. The Balaban J connectivity index is 2.14. The summed E-state index contributed by atoms with van der Waals surface area (Å²) in [6.45, 7) is 0.874. The second-order valence-electron chi connectivity index (χ2n) is 4.82. The van der Waals surface area contributed by atoms with Crippen LogP contribution in [-0.4, -0.2) is 42.8 Å². The molecule has 0 bridgehead atoms. The van der Waals surface area contributed by atoms with Crippen molar-refractivity contribution in [2.24, 2.45) is 0 Å². The highest BCUT2D eigenvalue weighted by Crippen LogP contribution is 2.33. The molecule has 0 spiro atoms. The third-order valence-corrected chi connectivity index (χ3v) is 3.56. The number of halogens is 1. The lowest BCUT2D eigenvalue weighted by Crippen LogP contribution is -2.40. The Hall–Kier alpha value is -1.46. The Morgan fingerprint density at radius 2 is 2.40 bits per heavy atom. The lowest BCUT2D eigenvalue weighted by molar-refractivity contribution is 0.186. The number of amides is 2. The van der Waals surface area contributed by atoms with Crippen LogP contribution in [0.15, 0.2) is 18.2 Å². The Morgan fingerprint density at radius 1 is 1.60 bits per heavy atom. The van der Waals surface area contributed by atoms with E-state index in [9.17, 15) is 4.79 Å². The molecule has 2 rings (SSSR count). The van der Waals surface area contributed by atoms with Crippen molar-refractivity contribution < 1.29 is 14.6 Å². The highest BCUT2D eigenvalue weighted by Gasteiger charge is 2.22. The van der Waals surface area contributed by atoms with Crippen LogP contribution in [0, 0.1) is 0 Å². The maximum Gasteiger partial charge on any atom is 0.317 e. The van der Waals surface area contributed by atoms with E-state index in [-0.39, 0.29) is 18.7 Å². The molecule has 2 N–H and O–H groups in total. The number of fused-ring (bicyclic) bond motifs is 1. The smallest absolute Gasteiger partial charge is 0.317 e. The van der Waals surface area contributed by atoms with Gasteiger partial charge in [-0.2, -0.15) is 0 Å². The summed E-state index contributed by atoms with van der Waals surface area (Å²) in [6, 6.07) is 5.16. The molecule has 1 unspecified atom stereocenters. The predicted molar refractivity (Wildman–Crippen MR) is 77.2 cm³/mol. The van der Waals surface area contributed by atoms with Crippen molar-refractivity contribution in [1.82, 2.24) is 10.2 Å². The van der Waals surface area contributed by atoms with Gasteiger partial charge in [0.2, 0.25) is 0 Å². The Morgan fingerprint density at radius 3 is 3.15 bits per heavy atom. The summed E-state index contributed by atoms with van der Waals surface area (Å²) >= 11 is 5.97. The maximum atomic E-state index is 12.0. The van der Waals surface area contributed by atoms with E-state index in [0.717, 1.165) is 24.2 Å². The first-order chi connectivity index (χ1) is 9.61. The molecular weight excluding hydrogens is 280 g/mol. The number of nitrogens with one attached hydrogen (secondary N) is 1. The molecule has 110 valence electrons. The number of likely N-dealkylation sites (N-methyl/N-ethyl adjacent to an activating group) is 1. The van der Waals surface area contributed by atoms with Crippen LogP contribution in [-0.2, 0) is 0 Å². The molecular formula is C14H19ClN2O3. The van der Waals surface area contributed by atoms with Gasteiger partial charge in [-0.25, -0.2) is 4.79 Å². The van der Waals surface area contributed by atoms with Gasteiger partial charge in [0, 0.05) is 24.2 Å². The van der Waals surface area contributed by atoms with Crippen molar-refractivity contribution >= 4 is 17.6 Å². The number of carbonyl (C=O) groups excluding carboxylic acids is 1. The molecule has 2 amide bonds. The number of ether oxygens (including phenoxy) is 1. The quantitative estimate of drug-likeness (QED) is 0.899. The third kappa shape index (κ3) is 3.55. The van der Waals surface area contributed by atoms with Crippen molar-refractivity contribution in [2.75, 3.05) is 26.8 Å². The van der Waals surface area contributed by atoms with E-state index in [1.54, 1.807) is 19.2 Å². The fourth-order valence-corrected chi connectivity index (χ4v) is 2.37. The molecule has 1 aliphatic rings. The normalized spacial score (nSPS) is 17.6. The fourth-order valence-electron chi connectivity index (χ4n) is 2.21. The number of aliphatic hydroxyl groups excluding tert-OH is 1. The van der Waals surface area contributed by atoms with E-state index in [1.165, 1.54) is 4.90 Å². The highest BCUT2D eigenvalue weighted by atomic mass is 35.5. The van der Waals surface area contributed by atoms with Crippen molar-refractivity contribution in [2.45, 2.75) is 18.9 Å². The van der Waals surface area contributed by atoms with E-state index >= 15 is 0 Å². The molecule has 0 radical (unpaired) electrons. The largest absolute Gasteiger partial charge is 0.493 e. The van der Waals surface area contributed by atoms with Gasteiger partial charge in [0.25, 0.3) is 0 Å². The van der Waals surface area contributed by atoms with Crippen molar-refractivity contribution in [1.29, 1.82) is 0 Å². The number of aliphatic hydroxyl groups is 1. The van der Waals surface area contributed by atoms with E-state index in [2.05, 4.69) is 5.32 Å². The van der Waals surface area contributed by atoms with E-state index in [1.807, 2.05) is 6.07 Å². The number of hydrogen-bond acceptors (Lipinski definition) is 3. The molecule has 5 nitrogen and oxygen atoms in total. The molecule has 1 heterocycles. The van der Waals surface area contributed by atoms with Crippen molar-refractivity contribution in [3.8, 4) is 5.75 Å². The van der Waals surface area contributed by atoms with Gasteiger partial charge in [-0.05, 0) is 25.0 Å². The molecule has 1 aromatic rings. The standard InChI is InChI=1S/C14H19ClN2O3/c1-17(6-7-18)14(19)16-12-3-2-8-20-13-9-10(15)4-5-11(12)13/h4-5,9,12,18H,2-3,6-8H2,1H3,(H,16,19). The molecule has 1 atom stereocenters. The second-order valence-corrected chi connectivity index (χ2v) is 5.26. The lowest BCUT2D eigenvalue weighted by Gasteiger charge is -2.23. The van der Waals surface area contributed by atoms with Crippen LogP contribution in [0.25, 0.3) is 0 Å². The summed E-state index contributed by atoms with van der Waals surface area (Å²) < 4.78 is 5.66. The number of carbonyl (C=O) groups is 1. The zero-order chi connectivity index (χ0) is 14.5. The number of rotatable bonds is 3. The van der Waals surface area contributed by atoms with Gasteiger partial charge >= 0.3 is 6.03 Å². The maximum absolute atomic E-state index is 12.0. The van der Waals surface area contributed by atoms with Crippen LogP contribution in [0.4, 0.5) is 4.79 Å². The van der Waals surface area contributed by atoms with E-state index in [4.69, 9.17) is 21.4 Å². The van der Waals surface area contributed by atoms with E-state index in [0.29, 0.717) is 18.2 Å². The molecule has 0 saturated carbocycles. The van der Waals surface area contributed by atoms with Gasteiger partial charge in [0.05, 0.1) is 19.3 Å². The average molecular weight is 299 g/mol. The first-order valence-corrected chi connectivity index (χ1v) is 7.04. The summed E-state index contributed by atoms with van der Waals surface area (Å²) in [7, 11) is 1.65. The van der Waals surface area contributed by atoms with Gasteiger partial charge in [0.15, 0.2) is 0 Å². The lowest BCUT2D eigenvalue weighted by atomic mass is 10.0. The van der Waals surface area contributed by atoms with Crippen LogP contribution >= 0.6 is 11.6 Å². The zero-order valence-corrected chi connectivity index (χ0v) is 12.2. The molecule has 6 heteroatoms. The Kier molecular flexibility index (Phi) is 5.09. The fraction of sp³-hybridized carbons (Fsp3) is 0.500. The first-order valence-electron chi connectivity index (χ1n) is 6.66. The van der Waals surface area contributed by atoms with Crippen LogP contribution in [0.3, 0.4) is 0 Å². The topological polar surface area (TPSA) is 61.8 Å². The highest BCUT2D eigenvalue weighted by molar-refractivity contribution is 6.30. The summed E-state index contributed by atoms with van der Waals surface area (Å²) in [5.74, 6) is 0.727. The second kappa shape index (κ2) is 6.81. The summed E-state index contributed by atoms with van der Waals surface area (Å²) in [5.41, 5.74) is 0.942. The SMILES string of the molecule is CN(CCO)C(=O)NC1CCCOc2cc(Cl)ccc21. The van der Waals surface area contributed by atoms with Crippen LogP contribution < -0.4 is 10.1 Å². The van der Waals surface area contributed by atoms with Crippen molar-refractivity contribution in [3.63, 3.8) is 0 Å². The van der Waals surface area contributed by atoms with Gasteiger partial charge in [-0.3, -0.25) is 0 Å². The minimum Gasteiger partial charge on any atom is -0.493 e. The average Bonchev–Trinajstić information content (AvgIpc) is 2.61. The number of nitrogens with zero attached hydrogens (tertiary/aromatic N) is 1. The molecule has 20 heavy (non-hydrogen) atoms. The van der Waals surface area contributed by atoms with Gasteiger partial charge in [-0.1, -0.05) is 17.7 Å². The monoisotopic (exact) mass is 298 g/mol. The molecule has 0 saturated heterocycles. The molecule has 0 fully saturated rings. The van der Waals surface area contributed by atoms with Crippen LogP contribution in [0.5, 0.6) is 5.75 Å². The minimum absolute atomic E-state index is 0.0517. The third-order valence-electron chi connectivity index (χ3n) is 3.33. The minimum atomic E-state index is -0.202. The van der Waals surface area contributed by atoms with Crippen LogP contribution in [0.2, 0.25) is 5.02 Å². The number of urea groups is 1. The van der Waals surface area contributed by atoms with Gasteiger partial charge in [-0.15, -0.1) is 0 Å². The van der Waals surface area contributed by atoms with E-state index < -0.39 is 0 Å². The van der Waals surface area contributed by atoms with Gasteiger partial charge in [0.1, 0.15) is 5.75 Å². The molecule has 1 aromatic carbocycles. The molecule has 1 aliphatic heterocycles. The Bertz CT molecular complexity index is 481. The van der Waals surface area contributed by atoms with Crippen molar-refractivity contribution in [3.05, 3.63) is 28.8 Å². The first kappa shape index (κ1) is 14.9. The zero-order valence-electron chi connectivity index (χ0n) is 11.4. The Labute approximate surface area is 123 Å². The predicted octanol–water partition coefficient (Wildman–Crippen LogP) is 2.19. The summed E-state index contributed by atoms with van der Waals surface area (Å²) in [5, 5.41) is 12.5. The molecule has 0 aromatic heterocycles. The number of benzene rings is 1. The summed E-state index contributed by atoms with van der Waals surface area (Å²) in [4.78, 5) is 13.5. The van der Waals surface area contributed by atoms with Gasteiger partial charge < -0.3 is 20.1 Å². The van der Waals surface area contributed by atoms with Crippen LogP contribution in [0.1, 0.15) is 24.4 Å². The summed E-state index contributed by atoms with van der Waals surface area (Å²) in [6.07, 6.45) is 1.67.